The predicted molar refractivity (Wildman–Crippen MR) is 381 cm³/mol. The predicted octanol–water partition coefficient (Wildman–Crippen LogP) is 21.8. The van der Waals surface area contributed by atoms with Crippen LogP contribution < -0.4 is 0 Å². The summed E-state index contributed by atoms with van der Waals surface area (Å²) in [6, 6.07) is 0. The topological polar surface area (TPSA) is 237 Å². The molecule has 0 aliphatic heterocycles. The maximum absolute atomic E-state index is 13.1. The number of carbonyl (C=O) groups excluding carboxylic acids is 4. The smallest absolute Gasteiger partial charge is 0.462 e. The molecule has 0 spiro atoms. The molecule has 0 saturated carbocycles. The Labute approximate surface area is 575 Å². The van der Waals surface area contributed by atoms with Crippen molar-refractivity contribution in [3.8, 4) is 0 Å². The van der Waals surface area contributed by atoms with Crippen molar-refractivity contribution in [2.24, 2.45) is 17.8 Å². The summed E-state index contributed by atoms with van der Waals surface area (Å²) in [5.41, 5.74) is 0. The molecule has 3 N–H and O–H groups in total. The Kier molecular flexibility index (Phi) is 64.3. The standard InChI is InChI=1S/C75H146O17P2/c1-8-10-11-12-13-14-15-16-17-18-19-20-21-22-23-28-36-44-51-58-74(79)91-70(62-85-72(77)56-49-42-35-27-25-24-26-32-39-46-53-66(3)4)64-89-93(81,82)87-60-69(76)61-88-94(83,84)90-65-71(63-86-73(78)57-50-43-38-31-33-40-47-54-67(5)6)92-75(80)59-52-45-37-30-29-34-41-48-55-68(7)9-2/h66-71,76H,8-65H2,1-7H3,(H,81,82)(H,83,84)/t68?,69-,70-,71-/m1/s1. The molecule has 0 aromatic carbocycles. The Morgan fingerprint density at radius 2 is 0.543 bits per heavy atom. The zero-order chi connectivity index (χ0) is 69.4. The molecule has 0 aliphatic carbocycles. The highest BCUT2D eigenvalue weighted by molar-refractivity contribution is 7.47. The van der Waals surface area contributed by atoms with Crippen molar-refractivity contribution in [3.63, 3.8) is 0 Å². The summed E-state index contributed by atoms with van der Waals surface area (Å²) in [4.78, 5) is 72.7. The van der Waals surface area contributed by atoms with Crippen LogP contribution >= 0.6 is 15.6 Å². The second-order valence-corrected chi connectivity index (χ2v) is 31.1. The van der Waals surface area contributed by atoms with Crippen molar-refractivity contribution in [3.05, 3.63) is 0 Å². The fraction of sp³-hybridized carbons (Fsp3) is 0.947. The molecule has 0 heterocycles. The van der Waals surface area contributed by atoms with Crippen molar-refractivity contribution in [1.82, 2.24) is 0 Å². The third kappa shape index (κ3) is 67.3. The van der Waals surface area contributed by atoms with Crippen molar-refractivity contribution < 1.29 is 80.2 Å². The highest BCUT2D eigenvalue weighted by Gasteiger charge is 2.30. The van der Waals surface area contributed by atoms with E-state index >= 15 is 0 Å². The van der Waals surface area contributed by atoms with Crippen molar-refractivity contribution in [2.75, 3.05) is 39.6 Å². The van der Waals surface area contributed by atoms with Gasteiger partial charge in [0.1, 0.15) is 19.3 Å². The van der Waals surface area contributed by atoms with Crippen LogP contribution in [0.15, 0.2) is 0 Å². The van der Waals surface area contributed by atoms with Crippen LogP contribution in [0.2, 0.25) is 0 Å². The molecule has 0 aliphatic rings. The summed E-state index contributed by atoms with van der Waals surface area (Å²) in [7, 11) is -9.91. The fourth-order valence-electron chi connectivity index (χ4n) is 11.4. The molecular formula is C75H146O17P2. The lowest BCUT2D eigenvalue weighted by Gasteiger charge is -2.21. The number of hydrogen-bond donors (Lipinski definition) is 3. The molecule has 0 fully saturated rings. The molecule has 0 aromatic rings. The van der Waals surface area contributed by atoms with Gasteiger partial charge >= 0.3 is 39.5 Å². The number of phosphoric ester groups is 2. The summed E-state index contributed by atoms with van der Waals surface area (Å²) in [5, 5.41) is 10.6. The average molecular weight is 1380 g/mol. The monoisotopic (exact) mass is 1380 g/mol. The van der Waals surface area contributed by atoms with E-state index in [-0.39, 0.29) is 25.7 Å². The van der Waals surface area contributed by atoms with Gasteiger partial charge in [-0.3, -0.25) is 37.3 Å². The Hall–Kier alpha value is -1.94. The minimum atomic E-state index is -4.96. The summed E-state index contributed by atoms with van der Waals surface area (Å²) in [5.74, 6) is 0.111. The van der Waals surface area contributed by atoms with Gasteiger partial charge in [0.25, 0.3) is 0 Å². The molecule has 19 heteroatoms. The third-order valence-corrected chi connectivity index (χ3v) is 19.6. The number of hydrogen-bond acceptors (Lipinski definition) is 15. The van der Waals surface area contributed by atoms with Gasteiger partial charge in [0.05, 0.1) is 26.4 Å². The first-order valence-electron chi connectivity index (χ1n) is 38.9. The molecule has 17 nitrogen and oxygen atoms in total. The van der Waals surface area contributed by atoms with Crippen LogP contribution in [0.25, 0.3) is 0 Å². The van der Waals surface area contributed by atoms with Crippen LogP contribution in [0.1, 0.15) is 382 Å². The van der Waals surface area contributed by atoms with Crippen LogP contribution in [0.5, 0.6) is 0 Å². The maximum Gasteiger partial charge on any atom is 0.472 e. The summed E-state index contributed by atoms with van der Waals surface area (Å²) < 4.78 is 68.5. The van der Waals surface area contributed by atoms with E-state index in [0.717, 1.165) is 108 Å². The number of unbranched alkanes of at least 4 members (excludes halogenated alkanes) is 40. The zero-order valence-corrected chi connectivity index (χ0v) is 63.2. The molecule has 6 atom stereocenters. The number of ether oxygens (including phenoxy) is 4. The lowest BCUT2D eigenvalue weighted by Crippen LogP contribution is -2.30. The molecule has 0 amide bonds. The van der Waals surface area contributed by atoms with Crippen LogP contribution in [-0.4, -0.2) is 96.7 Å². The molecular weight excluding hydrogens is 1230 g/mol. The average Bonchev–Trinajstić information content (AvgIpc) is 1.27. The van der Waals surface area contributed by atoms with Crippen LogP contribution in [0, 0.1) is 17.8 Å². The lowest BCUT2D eigenvalue weighted by atomic mass is 9.99. The van der Waals surface area contributed by atoms with Gasteiger partial charge in [-0.1, -0.05) is 331 Å². The van der Waals surface area contributed by atoms with E-state index in [4.69, 9.17) is 37.0 Å². The Morgan fingerprint density at radius 3 is 0.809 bits per heavy atom. The highest BCUT2D eigenvalue weighted by atomic mass is 31.2. The summed E-state index contributed by atoms with van der Waals surface area (Å²) in [6.07, 6.45) is 51.4. The van der Waals surface area contributed by atoms with Gasteiger partial charge in [-0.05, 0) is 43.4 Å². The largest absolute Gasteiger partial charge is 0.472 e. The Balaban J connectivity index is 5.23. The number of rotatable bonds is 73. The highest BCUT2D eigenvalue weighted by Crippen LogP contribution is 2.45. The molecule has 0 saturated heterocycles. The Morgan fingerprint density at radius 1 is 0.309 bits per heavy atom. The molecule has 0 bridgehead atoms. The van der Waals surface area contributed by atoms with Crippen molar-refractivity contribution in [1.29, 1.82) is 0 Å². The fourth-order valence-corrected chi connectivity index (χ4v) is 13.0. The van der Waals surface area contributed by atoms with E-state index in [2.05, 4.69) is 48.5 Å². The molecule has 0 rings (SSSR count). The van der Waals surface area contributed by atoms with E-state index in [0.29, 0.717) is 31.6 Å². The second kappa shape index (κ2) is 65.7. The first kappa shape index (κ1) is 92.1. The molecule has 94 heavy (non-hydrogen) atoms. The van der Waals surface area contributed by atoms with E-state index < -0.39 is 97.5 Å². The van der Waals surface area contributed by atoms with Gasteiger partial charge < -0.3 is 33.8 Å². The number of carbonyl (C=O) groups is 4. The van der Waals surface area contributed by atoms with E-state index in [9.17, 15) is 43.2 Å². The number of esters is 4. The summed E-state index contributed by atoms with van der Waals surface area (Å²) in [6.45, 7) is 11.8. The first-order chi connectivity index (χ1) is 45.3. The third-order valence-electron chi connectivity index (χ3n) is 17.7. The van der Waals surface area contributed by atoms with Gasteiger partial charge in [-0.2, -0.15) is 0 Å². The molecule has 558 valence electrons. The first-order valence-corrected chi connectivity index (χ1v) is 41.9. The van der Waals surface area contributed by atoms with Gasteiger partial charge in [0.2, 0.25) is 0 Å². The van der Waals surface area contributed by atoms with Crippen LogP contribution in [0.4, 0.5) is 0 Å². The minimum Gasteiger partial charge on any atom is -0.462 e. The van der Waals surface area contributed by atoms with Gasteiger partial charge in [-0.25, -0.2) is 9.13 Å². The Bertz CT molecular complexity index is 1840. The number of phosphoric acid groups is 2. The molecule has 0 aromatic heterocycles. The lowest BCUT2D eigenvalue weighted by molar-refractivity contribution is -0.161. The van der Waals surface area contributed by atoms with Gasteiger partial charge in [-0.15, -0.1) is 0 Å². The summed E-state index contributed by atoms with van der Waals surface area (Å²) >= 11 is 0. The van der Waals surface area contributed by atoms with Crippen molar-refractivity contribution in [2.45, 2.75) is 401 Å². The van der Waals surface area contributed by atoms with Crippen LogP contribution in [-0.2, 0) is 65.4 Å². The number of aliphatic hydroxyl groups excluding tert-OH is 1. The minimum absolute atomic E-state index is 0.104. The van der Waals surface area contributed by atoms with E-state index in [1.54, 1.807) is 0 Å². The SMILES string of the molecule is CCCCCCCCCCCCCCCCCCCCCC(=O)O[C@H](COC(=O)CCCCCCCCCCCCC(C)C)COP(=O)(O)OC[C@@H](O)COP(=O)(O)OC[C@@H](COC(=O)CCCCCCCCCC(C)C)OC(=O)CCCCCCCCCCC(C)CC. The van der Waals surface area contributed by atoms with Gasteiger partial charge in [0, 0.05) is 25.7 Å². The maximum atomic E-state index is 13.1. The zero-order valence-electron chi connectivity index (χ0n) is 61.4. The second-order valence-electron chi connectivity index (χ2n) is 28.2. The molecule has 3 unspecified atom stereocenters. The van der Waals surface area contributed by atoms with E-state index in [1.165, 1.54) is 186 Å². The van der Waals surface area contributed by atoms with Gasteiger partial charge in [0.15, 0.2) is 12.2 Å². The van der Waals surface area contributed by atoms with E-state index in [1.807, 2.05) is 0 Å². The number of aliphatic hydroxyl groups is 1. The van der Waals surface area contributed by atoms with Crippen molar-refractivity contribution >= 4 is 39.5 Å². The normalized spacial score (nSPS) is 14.4. The quantitative estimate of drug-likeness (QED) is 0.0222. The molecule has 0 radical (unpaired) electrons. The van der Waals surface area contributed by atoms with Crippen LogP contribution in [0.3, 0.4) is 0 Å².